The molecule has 2 atom stereocenters. The minimum absolute atomic E-state index is 0.584. The molecule has 4 heterocycles. The maximum atomic E-state index is 4.75. The topological polar surface area (TPSA) is 39.6 Å². The number of hydrogen-bond donors (Lipinski definition) is 1. The maximum absolute atomic E-state index is 4.75. The Bertz CT molecular complexity index is 779. The van der Waals surface area contributed by atoms with Crippen LogP contribution in [0.5, 0.6) is 0 Å². The minimum Gasteiger partial charge on any atom is -0.354 e. The standard InChI is InChI=1S/C21H30N6S/c1-17-13-21(27(23-17)18-5-3-2-4-6-18)25-9-7-24(8-10-25)19-14-20(22-15-19)26-11-12-28-16-26/h2-6,13,19-20,22H,7-12,14-16H2,1H3/t19-,20-/m0/s1. The van der Waals surface area contributed by atoms with Gasteiger partial charge in [-0.25, -0.2) is 4.68 Å². The van der Waals surface area contributed by atoms with Gasteiger partial charge in [0.25, 0.3) is 0 Å². The van der Waals surface area contributed by atoms with Crippen molar-refractivity contribution in [3.05, 3.63) is 42.1 Å². The zero-order chi connectivity index (χ0) is 18.9. The van der Waals surface area contributed by atoms with Gasteiger partial charge in [-0.05, 0) is 25.5 Å². The lowest BCUT2D eigenvalue weighted by Gasteiger charge is -2.39. The van der Waals surface area contributed by atoms with Crippen molar-refractivity contribution in [1.29, 1.82) is 0 Å². The molecule has 150 valence electrons. The first-order valence-corrected chi connectivity index (χ1v) is 11.6. The third kappa shape index (κ3) is 3.68. The molecule has 0 unspecified atom stereocenters. The highest BCUT2D eigenvalue weighted by atomic mass is 32.2. The summed E-state index contributed by atoms with van der Waals surface area (Å²) >= 11 is 2.06. The number of aromatic nitrogens is 2. The van der Waals surface area contributed by atoms with Crippen LogP contribution in [0.2, 0.25) is 0 Å². The molecule has 0 spiro atoms. The molecule has 28 heavy (non-hydrogen) atoms. The summed E-state index contributed by atoms with van der Waals surface area (Å²) in [7, 11) is 0. The van der Waals surface area contributed by atoms with Crippen molar-refractivity contribution in [3.8, 4) is 5.69 Å². The van der Waals surface area contributed by atoms with Gasteiger partial charge in [0.1, 0.15) is 5.82 Å². The van der Waals surface area contributed by atoms with Crippen molar-refractivity contribution in [2.24, 2.45) is 0 Å². The Labute approximate surface area is 171 Å². The molecule has 6 nitrogen and oxygen atoms in total. The van der Waals surface area contributed by atoms with Crippen LogP contribution in [0.3, 0.4) is 0 Å². The predicted octanol–water partition coefficient (Wildman–Crippen LogP) is 2.00. The van der Waals surface area contributed by atoms with Gasteiger partial charge in [-0.3, -0.25) is 9.80 Å². The summed E-state index contributed by atoms with van der Waals surface area (Å²) in [4.78, 5) is 7.81. The zero-order valence-electron chi connectivity index (χ0n) is 16.6. The third-order valence-electron chi connectivity index (χ3n) is 6.27. The molecule has 0 bridgehead atoms. The summed E-state index contributed by atoms with van der Waals surface area (Å²) < 4.78 is 2.10. The largest absolute Gasteiger partial charge is 0.354 e. The van der Waals surface area contributed by atoms with Crippen molar-refractivity contribution >= 4 is 17.6 Å². The third-order valence-corrected chi connectivity index (χ3v) is 7.26. The number of aryl methyl sites for hydroxylation is 1. The van der Waals surface area contributed by atoms with E-state index in [2.05, 4.69) is 79.8 Å². The van der Waals surface area contributed by atoms with Crippen LogP contribution in [0.1, 0.15) is 12.1 Å². The molecule has 3 fully saturated rings. The molecule has 7 heteroatoms. The lowest BCUT2D eigenvalue weighted by molar-refractivity contribution is 0.177. The number of benzene rings is 1. The molecule has 0 saturated carbocycles. The zero-order valence-corrected chi connectivity index (χ0v) is 17.4. The molecule has 1 N–H and O–H groups in total. The monoisotopic (exact) mass is 398 g/mol. The Morgan fingerprint density at radius 2 is 1.86 bits per heavy atom. The summed E-state index contributed by atoms with van der Waals surface area (Å²) in [6.07, 6.45) is 1.85. The van der Waals surface area contributed by atoms with Crippen molar-refractivity contribution in [2.75, 3.05) is 55.8 Å². The molecule has 0 aliphatic carbocycles. The Morgan fingerprint density at radius 1 is 1.04 bits per heavy atom. The maximum Gasteiger partial charge on any atom is 0.132 e. The fraction of sp³-hybridized carbons (Fsp3) is 0.571. The van der Waals surface area contributed by atoms with Crippen molar-refractivity contribution < 1.29 is 0 Å². The van der Waals surface area contributed by atoms with Gasteiger partial charge in [0, 0.05) is 63.0 Å². The highest BCUT2D eigenvalue weighted by Gasteiger charge is 2.34. The molecular weight excluding hydrogens is 368 g/mol. The first kappa shape index (κ1) is 18.5. The van der Waals surface area contributed by atoms with E-state index in [4.69, 9.17) is 5.10 Å². The van der Waals surface area contributed by atoms with E-state index in [1.54, 1.807) is 0 Å². The highest BCUT2D eigenvalue weighted by molar-refractivity contribution is 7.99. The second kappa shape index (κ2) is 8.06. The fourth-order valence-corrected chi connectivity index (χ4v) is 5.75. The van der Waals surface area contributed by atoms with E-state index in [0.717, 1.165) is 44.1 Å². The van der Waals surface area contributed by atoms with Gasteiger partial charge in [0.15, 0.2) is 0 Å². The SMILES string of the molecule is Cc1cc(N2CCN([C@@H]3CN[C@@H](N4CCSC4)C3)CC2)n(-c2ccccc2)n1. The molecular formula is C21H30N6S. The van der Waals surface area contributed by atoms with Crippen molar-refractivity contribution in [1.82, 2.24) is 24.9 Å². The quantitative estimate of drug-likeness (QED) is 0.849. The summed E-state index contributed by atoms with van der Waals surface area (Å²) in [5, 5.41) is 8.52. The molecule has 1 aromatic carbocycles. The molecule has 0 radical (unpaired) electrons. The van der Waals surface area contributed by atoms with E-state index in [1.165, 1.54) is 30.4 Å². The van der Waals surface area contributed by atoms with Crippen LogP contribution in [-0.4, -0.2) is 82.7 Å². The van der Waals surface area contributed by atoms with Crippen LogP contribution in [-0.2, 0) is 0 Å². The molecule has 3 aliphatic rings. The Morgan fingerprint density at radius 3 is 2.61 bits per heavy atom. The lowest BCUT2D eigenvalue weighted by Crippen LogP contribution is -2.51. The summed E-state index contributed by atoms with van der Waals surface area (Å²) in [5.41, 5.74) is 2.21. The van der Waals surface area contributed by atoms with Gasteiger partial charge in [-0.1, -0.05) is 18.2 Å². The van der Waals surface area contributed by atoms with Gasteiger partial charge < -0.3 is 10.2 Å². The van der Waals surface area contributed by atoms with E-state index >= 15 is 0 Å². The molecule has 3 aliphatic heterocycles. The number of rotatable bonds is 4. The first-order valence-electron chi connectivity index (χ1n) is 10.4. The van der Waals surface area contributed by atoms with Gasteiger partial charge in [-0.15, -0.1) is 11.8 Å². The van der Waals surface area contributed by atoms with E-state index < -0.39 is 0 Å². The highest BCUT2D eigenvalue weighted by Crippen LogP contribution is 2.26. The first-order chi connectivity index (χ1) is 13.8. The molecule has 0 amide bonds. The second-order valence-corrected chi connectivity index (χ2v) is 9.15. The number of nitrogens with zero attached hydrogens (tertiary/aromatic N) is 5. The Hall–Kier alpha value is -1.54. The van der Waals surface area contributed by atoms with Crippen LogP contribution >= 0.6 is 11.8 Å². The van der Waals surface area contributed by atoms with Gasteiger partial charge in [0.2, 0.25) is 0 Å². The minimum atomic E-state index is 0.584. The number of piperazine rings is 1. The van der Waals surface area contributed by atoms with Crippen molar-refractivity contribution in [3.63, 3.8) is 0 Å². The molecule has 3 saturated heterocycles. The molecule has 1 aromatic heterocycles. The summed E-state index contributed by atoms with van der Waals surface area (Å²) in [5.74, 6) is 3.71. The van der Waals surface area contributed by atoms with Gasteiger partial charge in [0.05, 0.1) is 17.5 Å². The van der Waals surface area contributed by atoms with E-state index in [-0.39, 0.29) is 0 Å². The van der Waals surface area contributed by atoms with Crippen LogP contribution < -0.4 is 10.2 Å². The van der Waals surface area contributed by atoms with Gasteiger partial charge in [-0.2, -0.15) is 5.10 Å². The fourth-order valence-electron chi connectivity index (χ4n) is 4.71. The number of anilines is 1. The smallest absolute Gasteiger partial charge is 0.132 e. The number of nitrogens with one attached hydrogen (secondary N) is 1. The van der Waals surface area contributed by atoms with E-state index in [0.29, 0.717) is 12.2 Å². The summed E-state index contributed by atoms with van der Waals surface area (Å²) in [6, 6.07) is 13.4. The van der Waals surface area contributed by atoms with Gasteiger partial charge >= 0.3 is 0 Å². The number of hydrogen-bond acceptors (Lipinski definition) is 6. The van der Waals surface area contributed by atoms with Crippen molar-refractivity contribution in [2.45, 2.75) is 25.6 Å². The van der Waals surface area contributed by atoms with Crippen LogP contribution in [0.15, 0.2) is 36.4 Å². The van der Waals surface area contributed by atoms with E-state index in [9.17, 15) is 0 Å². The van der Waals surface area contributed by atoms with Crippen LogP contribution in [0.25, 0.3) is 5.69 Å². The summed E-state index contributed by atoms with van der Waals surface area (Å²) in [6.45, 7) is 8.86. The Balaban J connectivity index is 1.22. The lowest BCUT2D eigenvalue weighted by atomic mass is 10.1. The van der Waals surface area contributed by atoms with Crippen LogP contribution in [0, 0.1) is 6.92 Å². The second-order valence-electron chi connectivity index (χ2n) is 8.08. The Kier molecular flexibility index (Phi) is 5.32. The van der Waals surface area contributed by atoms with Crippen LogP contribution in [0.4, 0.5) is 5.82 Å². The van der Waals surface area contributed by atoms with E-state index in [1.807, 2.05) is 0 Å². The normalized spacial score (nSPS) is 27.0. The molecule has 2 aromatic rings. The molecule has 5 rings (SSSR count). The number of para-hydroxylation sites is 1. The predicted molar refractivity (Wildman–Crippen MR) is 116 cm³/mol. The number of thioether (sulfide) groups is 1. The average Bonchev–Trinajstić information content (AvgIpc) is 3.49. The average molecular weight is 399 g/mol.